The van der Waals surface area contributed by atoms with Crippen LogP contribution in [0.15, 0.2) is 12.2 Å². The second-order valence-electron chi connectivity index (χ2n) is 4.81. The van der Waals surface area contributed by atoms with Crippen molar-refractivity contribution in [2.24, 2.45) is 5.92 Å². The molecule has 2 N–H and O–H groups in total. The number of carboxylic acid groups (broad SMARTS) is 1. The summed E-state index contributed by atoms with van der Waals surface area (Å²) in [4.78, 5) is 24.5. The molecule has 3 atom stereocenters. The first-order valence-electron chi connectivity index (χ1n) is 6.06. The molecule has 2 rings (SSSR count). The van der Waals surface area contributed by atoms with Gasteiger partial charge in [0, 0.05) is 12.6 Å². The Morgan fingerprint density at radius 3 is 2.71 bits per heavy atom. The molecular formula is C12H18N2O3. The molecule has 5 heteroatoms. The number of likely N-dealkylation sites (tertiary alicyclic amines) is 1. The van der Waals surface area contributed by atoms with E-state index in [-0.39, 0.29) is 18.1 Å². The molecule has 0 aromatic rings. The molecule has 1 saturated heterocycles. The van der Waals surface area contributed by atoms with Crippen molar-refractivity contribution in [1.82, 2.24) is 10.2 Å². The fraction of sp³-hybridized carbons (Fsp3) is 0.667. The lowest BCUT2D eigenvalue weighted by Crippen LogP contribution is -2.45. The number of nitrogens with zero attached hydrogens (tertiary/aromatic N) is 1. The van der Waals surface area contributed by atoms with Crippen molar-refractivity contribution in [1.29, 1.82) is 0 Å². The maximum absolute atomic E-state index is 11.9. The summed E-state index contributed by atoms with van der Waals surface area (Å²) in [5.41, 5.74) is 0. The van der Waals surface area contributed by atoms with Crippen molar-refractivity contribution in [3.8, 4) is 0 Å². The number of urea groups is 1. The molecule has 0 aromatic carbocycles. The van der Waals surface area contributed by atoms with Gasteiger partial charge < -0.3 is 15.3 Å². The summed E-state index contributed by atoms with van der Waals surface area (Å²) in [5.74, 6) is -1.29. The minimum atomic E-state index is -0.826. The standard InChI is InChI=1S/C12H18N2O3/c1-8-3-2-6-14(8)12(17)13-10-5-4-9(7-10)11(15)16/h4-5,8-10H,2-3,6-7H2,1H3,(H,13,17)(H,15,16). The van der Waals surface area contributed by atoms with E-state index in [4.69, 9.17) is 5.11 Å². The highest BCUT2D eigenvalue weighted by Crippen LogP contribution is 2.20. The molecule has 0 bridgehead atoms. The van der Waals surface area contributed by atoms with Crippen LogP contribution >= 0.6 is 0 Å². The Bertz CT molecular complexity index is 354. The van der Waals surface area contributed by atoms with E-state index in [2.05, 4.69) is 5.32 Å². The second-order valence-corrected chi connectivity index (χ2v) is 4.81. The third kappa shape index (κ3) is 2.60. The molecule has 1 aliphatic carbocycles. The van der Waals surface area contributed by atoms with E-state index in [1.807, 2.05) is 11.8 Å². The molecule has 1 fully saturated rings. The minimum absolute atomic E-state index is 0.0734. The highest BCUT2D eigenvalue weighted by molar-refractivity contribution is 5.77. The van der Waals surface area contributed by atoms with Gasteiger partial charge in [-0.05, 0) is 26.2 Å². The van der Waals surface area contributed by atoms with Gasteiger partial charge in [0.1, 0.15) is 0 Å². The van der Waals surface area contributed by atoms with Gasteiger partial charge in [0.25, 0.3) is 0 Å². The summed E-state index contributed by atoms with van der Waals surface area (Å²) < 4.78 is 0. The Balaban J connectivity index is 1.84. The zero-order chi connectivity index (χ0) is 12.4. The predicted octanol–water partition coefficient (Wildman–Crippen LogP) is 1.21. The second kappa shape index (κ2) is 4.77. The molecule has 0 aromatic heterocycles. The molecular weight excluding hydrogens is 220 g/mol. The van der Waals surface area contributed by atoms with Crippen LogP contribution in [0.2, 0.25) is 0 Å². The van der Waals surface area contributed by atoms with Gasteiger partial charge >= 0.3 is 12.0 Å². The van der Waals surface area contributed by atoms with Crippen LogP contribution in [0.3, 0.4) is 0 Å². The van der Waals surface area contributed by atoms with E-state index in [9.17, 15) is 9.59 Å². The normalized spacial score (nSPS) is 31.8. The van der Waals surface area contributed by atoms with E-state index in [0.717, 1.165) is 19.4 Å². The summed E-state index contributed by atoms with van der Waals surface area (Å²) in [6.45, 7) is 2.84. The fourth-order valence-corrected chi connectivity index (χ4v) is 2.47. The summed E-state index contributed by atoms with van der Waals surface area (Å²) in [5, 5.41) is 11.7. The van der Waals surface area contributed by atoms with Crippen LogP contribution in [0.4, 0.5) is 4.79 Å². The van der Waals surface area contributed by atoms with Crippen molar-refractivity contribution in [2.45, 2.75) is 38.3 Å². The van der Waals surface area contributed by atoms with E-state index in [1.54, 1.807) is 12.2 Å². The zero-order valence-corrected chi connectivity index (χ0v) is 9.93. The molecule has 0 spiro atoms. The van der Waals surface area contributed by atoms with Gasteiger partial charge in [0.05, 0.1) is 12.0 Å². The van der Waals surface area contributed by atoms with Crippen LogP contribution in [0.1, 0.15) is 26.2 Å². The van der Waals surface area contributed by atoms with E-state index in [1.165, 1.54) is 0 Å². The number of carboxylic acids is 1. The predicted molar refractivity (Wildman–Crippen MR) is 62.6 cm³/mol. The molecule has 3 unspecified atom stereocenters. The van der Waals surface area contributed by atoms with E-state index < -0.39 is 11.9 Å². The monoisotopic (exact) mass is 238 g/mol. The highest BCUT2D eigenvalue weighted by atomic mass is 16.4. The fourth-order valence-electron chi connectivity index (χ4n) is 2.47. The summed E-state index contributed by atoms with van der Waals surface area (Å²) >= 11 is 0. The van der Waals surface area contributed by atoms with Gasteiger partial charge in [-0.3, -0.25) is 4.79 Å². The number of hydrogen-bond acceptors (Lipinski definition) is 2. The van der Waals surface area contributed by atoms with Crippen LogP contribution in [0.5, 0.6) is 0 Å². The average Bonchev–Trinajstić information content (AvgIpc) is 2.86. The van der Waals surface area contributed by atoms with Crippen molar-refractivity contribution in [2.75, 3.05) is 6.54 Å². The van der Waals surface area contributed by atoms with Gasteiger partial charge in [-0.1, -0.05) is 12.2 Å². The van der Waals surface area contributed by atoms with Crippen LogP contribution < -0.4 is 5.32 Å². The summed E-state index contributed by atoms with van der Waals surface area (Å²) in [6, 6.07) is 0.0720. The Kier molecular flexibility index (Phi) is 3.36. The van der Waals surface area contributed by atoms with Gasteiger partial charge in [0.15, 0.2) is 0 Å². The Morgan fingerprint density at radius 1 is 1.41 bits per heavy atom. The van der Waals surface area contributed by atoms with Gasteiger partial charge in [-0.2, -0.15) is 0 Å². The lowest BCUT2D eigenvalue weighted by molar-refractivity contribution is -0.140. The quantitative estimate of drug-likeness (QED) is 0.710. The maximum atomic E-state index is 11.9. The largest absolute Gasteiger partial charge is 0.481 e. The number of carbonyl (C=O) groups is 2. The zero-order valence-electron chi connectivity index (χ0n) is 9.93. The molecule has 17 heavy (non-hydrogen) atoms. The first-order valence-corrected chi connectivity index (χ1v) is 6.06. The van der Waals surface area contributed by atoms with Crippen LogP contribution in [-0.2, 0) is 4.79 Å². The lowest BCUT2D eigenvalue weighted by Gasteiger charge is -2.24. The van der Waals surface area contributed by atoms with Crippen LogP contribution in [0.25, 0.3) is 0 Å². The third-order valence-corrected chi connectivity index (χ3v) is 3.52. The molecule has 0 saturated carbocycles. The topological polar surface area (TPSA) is 69.6 Å². The molecule has 94 valence electrons. The number of nitrogens with one attached hydrogen (secondary N) is 1. The smallest absolute Gasteiger partial charge is 0.318 e. The number of carbonyl (C=O) groups excluding carboxylic acids is 1. The highest BCUT2D eigenvalue weighted by Gasteiger charge is 2.29. The van der Waals surface area contributed by atoms with Crippen LogP contribution in [-0.4, -0.2) is 40.6 Å². The van der Waals surface area contributed by atoms with E-state index >= 15 is 0 Å². The lowest BCUT2D eigenvalue weighted by atomic mass is 10.1. The molecule has 1 aliphatic heterocycles. The van der Waals surface area contributed by atoms with Crippen molar-refractivity contribution < 1.29 is 14.7 Å². The molecule has 5 nitrogen and oxygen atoms in total. The average molecular weight is 238 g/mol. The summed E-state index contributed by atoms with van der Waals surface area (Å²) in [6.07, 6.45) is 5.99. The third-order valence-electron chi connectivity index (χ3n) is 3.52. The molecule has 0 radical (unpaired) electrons. The SMILES string of the molecule is CC1CCCN1C(=O)NC1C=CC(C(=O)O)C1. The number of amides is 2. The van der Waals surface area contributed by atoms with Crippen molar-refractivity contribution >= 4 is 12.0 Å². The first kappa shape index (κ1) is 12.0. The Labute approximate surface area is 100 Å². The van der Waals surface area contributed by atoms with Gasteiger partial charge in [0.2, 0.25) is 0 Å². The number of hydrogen-bond donors (Lipinski definition) is 2. The molecule has 2 aliphatic rings. The minimum Gasteiger partial charge on any atom is -0.481 e. The summed E-state index contributed by atoms with van der Waals surface area (Å²) in [7, 11) is 0. The van der Waals surface area contributed by atoms with Gasteiger partial charge in [-0.15, -0.1) is 0 Å². The van der Waals surface area contributed by atoms with Crippen LogP contribution in [0, 0.1) is 5.92 Å². The Morgan fingerprint density at radius 2 is 2.18 bits per heavy atom. The van der Waals surface area contributed by atoms with Crippen molar-refractivity contribution in [3.05, 3.63) is 12.2 Å². The molecule has 1 heterocycles. The molecule has 2 amide bonds. The first-order chi connectivity index (χ1) is 8.08. The Hall–Kier alpha value is -1.52. The van der Waals surface area contributed by atoms with Gasteiger partial charge in [-0.25, -0.2) is 4.79 Å². The maximum Gasteiger partial charge on any atom is 0.318 e. The number of rotatable bonds is 2. The number of aliphatic carboxylic acids is 1. The van der Waals surface area contributed by atoms with E-state index in [0.29, 0.717) is 6.42 Å². The van der Waals surface area contributed by atoms with Crippen molar-refractivity contribution in [3.63, 3.8) is 0 Å².